The van der Waals surface area contributed by atoms with Crippen molar-refractivity contribution in [3.63, 3.8) is 0 Å². The van der Waals surface area contributed by atoms with Gasteiger partial charge in [-0.1, -0.05) is 36.4 Å². The van der Waals surface area contributed by atoms with Crippen LogP contribution >= 0.6 is 0 Å². The molecule has 1 saturated heterocycles. The van der Waals surface area contributed by atoms with Gasteiger partial charge in [0, 0.05) is 12.1 Å². The molecule has 3 atom stereocenters. The van der Waals surface area contributed by atoms with Gasteiger partial charge in [-0.05, 0) is 36.6 Å². The largest absolute Gasteiger partial charge is 0.481 e. The first-order valence-electron chi connectivity index (χ1n) is 10.4. The second kappa shape index (κ2) is 10.0. The van der Waals surface area contributed by atoms with Crippen molar-refractivity contribution in [1.82, 2.24) is 15.5 Å². The highest BCUT2D eigenvalue weighted by atomic mass is 16.4. The van der Waals surface area contributed by atoms with Gasteiger partial charge in [0.15, 0.2) is 0 Å². The number of amides is 3. The van der Waals surface area contributed by atoms with Crippen molar-refractivity contribution in [3.8, 4) is 0 Å². The van der Waals surface area contributed by atoms with Gasteiger partial charge in [-0.25, -0.2) is 0 Å². The van der Waals surface area contributed by atoms with E-state index in [0.717, 1.165) is 10.8 Å². The zero-order valence-corrected chi connectivity index (χ0v) is 17.6. The maximum Gasteiger partial charge on any atom is 0.305 e. The van der Waals surface area contributed by atoms with Gasteiger partial charge in [-0.2, -0.15) is 0 Å². The van der Waals surface area contributed by atoms with Crippen LogP contribution in [0.3, 0.4) is 0 Å². The molecule has 0 radical (unpaired) electrons. The van der Waals surface area contributed by atoms with E-state index in [4.69, 9.17) is 5.11 Å². The van der Waals surface area contributed by atoms with E-state index in [1.807, 2.05) is 30.3 Å². The molecule has 3 N–H and O–H groups in total. The van der Waals surface area contributed by atoms with Gasteiger partial charge in [-0.15, -0.1) is 0 Å². The Morgan fingerprint density at radius 2 is 1.84 bits per heavy atom. The first-order chi connectivity index (χ1) is 15.3. The number of likely N-dealkylation sites (tertiary alicyclic amines) is 1. The van der Waals surface area contributed by atoms with Crippen LogP contribution in [-0.2, 0) is 19.2 Å². The molecule has 1 aliphatic rings. The lowest BCUT2D eigenvalue weighted by atomic mass is 10.0. The number of carboxylic acids is 1. The molecule has 3 rings (SSSR count). The summed E-state index contributed by atoms with van der Waals surface area (Å²) in [5.74, 6) is -2.62. The van der Waals surface area contributed by atoms with E-state index >= 15 is 0 Å². The average molecular weight is 439 g/mol. The fraction of sp³-hybridized carbons (Fsp3) is 0.348. The number of aldehydes is 1. The van der Waals surface area contributed by atoms with Gasteiger partial charge in [0.2, 0.25) is 11.8 Å². The van der Waals surface area contributed by atoms with Gasteiger partial charge in [0.1, 0.15) is 18.4 Å². The van der Waals surface area contributed by atoms with Crippen LogP contribution in [0.25, 0.3) is 10.8 Å². The molecule has 2 aromatic carbocycles. The summed E-state index contributed by atoms with van der Waals surface area (Å²) in [5.41, 5.74) is 0.445. The second-order valence-corrected chi connectivity index (χ2v) is 7.76. The summed E-state index contributed by atoms with van der Waals surface area (Å²) < 4.78 is 0. The molecule has 1 heterocycles. The van der Waals surface area contributed by atoms with Gasteiger partial charge in [0.25, 0.3) is 5.91 Å². The third-order valence-corrected chi connectivity index (χ3v) is 5.48. The predicted molar refractivity (Wildman–Crippen MR) is 116 cm³/mol. The summed E-state index contributed by atoms with van der Waals surface area (Å²) in [6, 6.07) is 9.91. The molecule has 9 heteroatoms. The fourth-order valence-electron chi connectivity index (χ4n) is 3.91. The van der Waals surface area contributed by atoms with Crippen molar-refractivity contribution in [1.29, 1.82) is 0 Å². The molecule has 2 aromatic rings. The Kier molecular flexibility index (Phi) is 7.19. The number of nitrogens with zero attached hydrogens (tertiary/aromatic N) is 1. The van der Waals surface area contributed by atoms with Gasteiger partial charge < -0.3 is 25.4 Å². The molecule has 0 saturated carbocycles. The SMILES string of the molecule is C[C@H](NC(=O)c1cccc2ccccc12)C(=O)N1CCC[C@H]1C(=O)N[C@H](C=O)CC(=O)O. The highest BCUT2D eigenvalue weighted by molar-refractivity contribution is 6.08. The molecule has 9 nitrogen and oxygen atoms in total. The number of nitrogens with one attached hydrogen (secondary N) is 2. The van der Waals surface area contributed by atoms with Crippen molar-refractivity contribution in [2.75, 3.05) is 6.54 Å². The predicted octanol–water partition coefficient (Wildman–Crippen LogP) is 1.11. The topological polar surface area (TPSA) is 133 Å². The van der Waals surface area contributed by atoms with E-state index in [2.05, 4.69) is 10.6 Å². The summed E-state index contributed by atoms with van der Waals surface area (Å²) in [6.45, 7) is 1.88. The standard InChI is InChI=1S/C23H25N3O6/c1-14(24-21(30)18-9-4-7-15-6-2-3-8-17(15)18)23(32)26-11-5-10-19(26)22(31)25-16(13-27)12-20(28)29/h2-4,6-9,13-14,16,19H,5,10-12H2,1H3,(H,24,30)(H,25,31)(H,28,29)/t14-,16-,19-/m0/s1. The Bertz CT molecular complexity index is 1050. The minimum absolute atomic E-state index is 0.329. The number of carbonyl (C=O) groups is 5. The molecule has 0 bridgehead atoms. The molecular formula is C23H25N3O6. The highest BCUT2D eigenvalue weighted by Gasteiger charge is 2.37. The Balaban J connectivity index is 1.67. The minimum Gasteiger partial charge on any atom is -0.481 e. The normalized spacial score (nSPS) is 17.4. The lowest BCUT2D eigenvalue weighted by Crippen LogP contribution is -2.54. The van der Waals surface area contributed by atoms with E-state index in [0.29, 0.717) is 31.2 Å². The van der Waals surface area contributed by atoms with E-state index in [9.17, 15) is 24.0 Å². The minimum atomic E-state index is -1.22. The van der Waals surface area contributed by atoms with Crippen LogP contribution in [0.4, 0.5) is 0 Å². The van der Waals surface area contributed by atoms with E-state index in [-0.39, 0.29) is 0 Å². The zero-order chi connectivity index (χ0) is 23.3. The molecule has 32 heavy (non-hydrogen) atoms. The van der Waals surface area contributed by atoms with Gasteiger partial charge in [0.05, 0.1) is 12.5 Å². The van der Waals surface area contributed by atoms with Crippen LogP contribution in [-0.4, -0.2) is 64.7 Å². The molecule has 0 aliphatic carbocycles. The lowest BCUT2D eigenvalue weighted by molar-refractivity contribution is -0.141. The number of carboxylic acid groups (broad SMARTS) is 1. The molecule has 168 valence electrons. The van der Waals surface area contributed by atoms with E-state index < -0.39 is 48.2 Å². The Hall–Kier alpha value is -3.75. The first kappa shape index (κ1) is 22.9. The molecule has 0 aromatic heterocycles. The molecule has 0 unspecified atom stereocenters. The molecule has 3 amide bonds. The number of fused-ring (bicyclic) bond motifs is 1. The van der Waals surface area contributed by atoms with Crippen LogP contribution in [0.15, 0.2) is 42.5 Å². The fourth-order valence-corrected chi connectivity index (χ4v) is 3.91. The summed E-state index contributed by atoms with van der Waals surface area (Å²) >= 11 is 0. The summed E-state index contributed by atoms with van der Waals surface area (Å²) in [5, 5.41) is 15.6. The van der Waals surface area contributed by atoms with Crippen molar-refractivity contribution in [2.24, 2.45) is 0 Å². The molecule has 0 spiro atoms. The first-order valence-corrected chi connectivity index (χ1v) is 10.4. The Labute approximate surface area is 184 Å². The van der Waals surface area contributed by atoms with Crippen LogP contribution < -0.4 is 10.6 Å². The molecule has 1 aliphatic heterocycles. The molecular weight excluding hydrogens is 414 g/mol. The maximum absolute atomic E-state index is 13.0. The summed E-state index contributed by atoms with van der Waals surface area (Å²) in [7, 11) is 0. The van der Waals surface area contributed by atoms with E-state index in [1.165, 1.54) is 4.90 Å². The quantitative estimate of drug-likeness (QED) is 0.528. The van der Waals surface area contributed by atoms with Crippen LogP contribution in [0.5, 0.6) is 0 Å². The second-order valence-electron chi connectivity index (χ2n) is 7.76. The number of aliphatic carboxylic acids is 1. The van der Waals surface area contributed by atoms with Crippen LogP contribution in [0.2, 0.25) is 0 Å². The third-order valence-electron chi connectivity index (χ3n) is 5.48. The Morgan fingerprint density at radius 1 is 1.12 bits per heavy atom. The Morgan fingerprint density at radius 3 is 2.56 bits per heavy atom. The molecule has 1 fully saturated rings. The van der Waals surface area contributed by atoms with Crippen molar-refractivity contribution in [3.05, 3.63) is 48.0 Å². The maximum atomic E-state index is 13.0. The van der Waals surface area contributed by atoms with Crippen molar-refractivity contribution in [2.45, 2.75) is 44.3 Å². The number of benzene rings is 2. The smallest absolute Gasteiger partial charge is 0.305 e. The number of rotatable bonds is 8. The van der Waals surface area contributed by atoms with Crippen molar-refractivity contribution < 1.29 is 29.1 Å². The average Bonchev–Trinajstić information content (AvgIpc) is 3.27. The highest BCUT2D eigenvalue weighted by Crippen LogP contribution is 2.21. The van der Waals surface area contributed by atoms with Gasteiger partial charge >= 0.3 is 5.97 Å². The monoisotopic (exact) mass is 439 g/mol. The van der Waals surface area contributed by atoms with Crippen LogP contribution in [0, 0.1) is 0 Å². The van der Waals surface area contributed by atoms with Crippen LogP contribution in [0.1, 0.15) is 36.5 Å². The number of carbonyl (C=O) groups excluding carboxylic acids is 4. The third kappa shape index (κ3) is 5.11. The van der Waals surface area contributed by atoms with Gasteiger partial charge in [-0.3, -0.25) is 19.2 Å². The number of hydrogen-bond donors (Lipinski definition) is 3. The van der Waals surface area contributed by atoms with Crippen molar-refractivity contribution >= 4 is 40.7 Å². The lowest BCUT2D eigenvalue weighted by Gasteiger charge is -2.28. The zero-order valence-electron chi connectivity index (χ0n) is 17.6. The summed E-state index contributed by atoms with van der Waals surface area (Å²) in [6.07, 6.45) is 0.798. The number of hydrogen-bond acceptors (Lipinski definition) is 5. The summed E-state index contributed by atoms with van der Waals surface area (Å²) in [4.78, 5) is 61.7. The van der Waals surface area contributed by atoms with E-state index in [1.54, 1.807) is 19.1 Å².